The minimum Gasteiger partial charge on any atom is -0.490 e. The summed E-state index contributed by atoms with van der Waals surface area (Å²) in [7, 11) is 0. The SMILES string of the molecule is CCOc1cc(CNCCCOc2ccccn2)cc(Br)c1OCC. The number of ether oxygens (including phenoxy) is 3. The van der Waals surface area contributed by atoms with Gasteiger partial charge >= 0.3 is 0 Å². The zero-order chi connectivity index (χ0) is 17.9. The second-order valence-electron chi connectivity index (χ2n) is 5.32. The molecule has 0 atom stereocenters. The van der Waals surface area contributed by atoms with Crippen molar-refractivity contribution in [3.8, 4) is 17.4 Å². The summed E-state index contributed by atoms with van der Waals surface area (Å²) in [5.41, 5.74) is 1.14. The molecule has 5 nitrogen and oxygen atoms in total. The fourth-order valence-corrected chi connectivity index (χ4v) is 2.91. The van der Waals surface area contributed by atoms with Crippen molar-refractivity contribution in [3.63, 3.8) is 0 Å². The monoisotopic (exact) mass is 408 g/mol. The molecular weight excluding hydrogens is 384 g/mol. The maximum atomic E-state index is 5.70. The molecule has 0 spiro atoms. The zero-order valence-electron chi connectivity index (χ0n) is 14.8. The van der Waals surface area contributed by atoms with Crippen LogP contribution in [0.1, 0.15) is 25.8 Å². The number of nitrogens with zero attached hydrogens (tertiary/aromatic N) is 1. The topological polar surface area (TPSA) is 52.6 Å². The Kier molecular flexibility index (Phi) is 8.55. The molecule has 0 aliphatic rings. The van der Waals surface area contributed by atoms with Gasteiger partial charge in [-0.05, 0) is 66.5 Å². The lowest BCUT2D eigenvalue weighted by atomic mass is 10.2. The molecule has 0 amide bonds. The van der Waals surface area contributed by atoms with Crippen LogP contribution >= 0.6 is 15.9 Å². The molecule has 25 heavy (non-hydrogen) atoms. The molecule has 0 saturated heterocycles. The van der Waals surface area contributed by atoms with Crippen LogP contribution in [-0.2, 0) is 6.54 Å². The molecule has 0 aliphatic carbocycles. The van der Waals surface area contributed by atoms with E-state index in [9.17, 15) is 0 Å². The molecule has 0 saturated carbocycles. The van der Waals surface area contributed by atoms with Gasteiger partial charge in [-0.1, -0.05) is 6.07 Å². The normalized spacial score (nSPS) is 10.5. The number of rotatable bonds is 11. The zero-order valence-corrected chi connectivity index (χ0v) is 16.3. The van der Waals surface area contributed by atoms with Crippen molar-refractivity contribution in [2.45, 2.75) is 26.8 Å². The lowest BCUT2D eigenvalue weighted by molar-refractivity contribution is 0.285. The van der Waals surface area contributed by atoms with Crippen molar-refractivity contribution in [1.29, 1.82) is 0 Å². The number of aromatic nitrogens is 1. The van der Waals surface area contributed by atoms with Gasteiger partial charge in [0.25, 0.3) is 0 Å². The summed E-state index contributed by atoms with van der Waals surface area (Å²) < 4.78 is 17.8. The van der Waals surface area contributed by atoms with Crippen molar-refractivity contribution in [1.82, 2.24) is 10.3 Å². The van der Waals surface area contributed by atoms with E-state index in [1.807, 2.05) is 38.1 Å². The van der Waals surface area contributed by atoms with Crippen LogP contribution in [0.25, 0.3) is 0 Å². The molecule has 1 N–H and O–H groups in total. The first kappa shape index (κ1) is 19.5. The van der Waals surface area contributed by atoms with Gasteiger partial charge in [0.05, 0.1) is 24.3 Å². The van der Waals surface area contributed by atoms with Gasteiger partial charge in [0, 0.05) is 18.8 Å². The Bertz CT molecular complexity index is 638. The average Bonchev–Trinajstić information content (AvgIpc) is 2.62. The maximum absolute atomic E-state index is 5.70. The summed E-state index contributed by atoms with van der Waals surface area (Å²) in [5.74, 6) is 2.20. The molecule has 0 fully saturated rings. The molecule has 136 valence electrons. The molecule has 2 aromatic rings. The van der Waals surface area contributed by atoms with Crippen molar-refractivity contribution < 1.29 is 14.2 Å². The maximum Gasteiger partial charge on any atom is 0.213 e. The van der Waals surface area contributed by atoms with Crippen molar-refractivity contribution in [2.75, 3.05) is 26.4 Å². The van der Waals surface area contributed by atoms with E-state index < -0.39 is 0 Å². The second-order valence-corrected chi connectivity index (χ2v) is 6.17. The fraction of sp³-hybridized carbons (Fsp3) is 0.421. The van der Waals surface area contributed by atoms with E-state index in [-0.39, 0.29) is 0 Å². The van der Waals surface area contributed by atoms with Gasteiger partial charge in [0.2, 0.25) is 5.88 Å². The van der Waals surface area contributed by atoms with Gasteiger partial charge in [0.15, 0.2) is 11.5 Å². The summed E-state index contributed by atoms with van der Waals surface area (Å²) in [6.45, 7) is 7.40. The number of nitrogens with one attached hydrogen (secondary N) is 1. The van der Waals surface area contributed by atoms with Crippen molar-refractivity contribution in [3.05, 3.63) is 46.6 Å². The van der Waals surface area contributed by atoms with Gasteiger partial charge in [0.1, 0.15) is 0 Å². The summed E-state index contributed by atoms with van der Waals surface area (Å²) >= 11 is 3.57. The van der Waals surface area contributed by atoms with Crippen LogP contribution in [-0.4, -0.2) is 31.3 Å². The van der Waals surface area contributed by atoms with Crippen molar-refractivity contribution in [2.24, 2.45) is 0 Å². The Hall–Kier alpha value is -1.79. The van der Waals surface area contributed by atoms with Gasteiger partial charge in [-0.15, -0.1) is 0 Å². The van der Waals surface area contributed by atoms with E-state index in [2.05, 4.69) is 32.3 Å². The number of hydrogen-bond acceptors (Lipinski definition) is 5. The quantitative estimate of drug-likeness (QED) is 0.564. The molecular formula is C19H25BrN2O3. The molecule has 1 aromatic heterocycles. The summed E-state index contributed by atoms with van der Waals surface area (Å²) in [5, 5.41) is 3.42. The van der Waals surface area contributed by atoms with Crippen LogP contribution in [0.4, 0.5) is 0 Å². The van der Waals surface area contributed by atoms with E-state index in [1.165, 1.54) is 0 Å². The van der Waals surface area contributed by atoms with Gasteiger partial charge in [-0.25, -0.2) is 4.98 Å². The largest absolute Gasteiger partial charge is 0.490 e. The average molecular weight is 409 g/mol. The Labute approximate surface area is 157 Å². The lowest BCUT2D eigenvalue weighted by Gasteiger charge is -2.15. The molecule has 6 heteroatoms. The second kappa shape index (κ2) is 10.9. The molecule has 0 unspecified atom stereocenters. The first-order chi connectivity index (χ1) is 12.2. The number of halogens is 1. The molecule has 1 aromatic carbocycles. The van der Waals surface area contributed by atoms with E-state index in [4.69, 9.17) is 14.2 Å². The third-order valence-electron chi connectivity index (χ3n) is 3.37. The highest BCUT2D eigenvalue weighted by atomic mass is 79.9. The molecule has 0 aliphatic heterocycles. The predicted octanol–water partition coefficient (Wildman–Crippen LogP) is 4.20. The van der Waals surface area contributed by atoms with Crippen LogP contribution < -0.4 is 19.5 Å². The van der Waals surface area contributed by atoms with Crippen LogP contribution in [0.15, 0.2) is 41.0 Å². The summed E-state index contributed by atoms with van der Waals surface area (Å²) in [4.78, 5) is 4.13. The Morgan fingerprint density at radius 3 is 2.64 bits per heavy atom. The number of pyridine rings is 1. The third kappa shape index (κ3) is 6.55. The minimum atomic E-state index is 0.604. The van der Waals surface area contributed by atoms with Crippen molar-refractivity contribution >= 4 is 15.9 Å². The van der Waals surface area contributed by atoms with Gasteiger partial charge in [-0.2, -0.15) is 0 Å². The summed E-state index contributed by atoms with van der Waals surface area (Å²) in [6.07, 6.45) is 2.64. The summed E-state index contributed by atoms with van der Waals surface area (Å²) in [6, 6.07) is 9.74. The van der Waals surface area contributed by atoms with Crippen LogP contribution in [0.2, 0.25) is 0 Å². The van der Waals surface area contributed by atoms with E-state index in [0.717, 1.165) is 41.0 Å². The highest BCUT2D eigenvalue weighted by Crippen LogP contribution is 2.36. The molecule has 1 heterocycles. The third-order valence-corrected chi connectivity index (χ3v) is 3.96. The van der Waals surface area contributed by atoms with E-state index >= 15 is 0 Å². The Balaban J connectivity index is 1.78. The smallest absolute Gasteiger partial charge is 0.213 e. The molecule has 0 radical (unpaired) electrons. The highest BCUT2D eigenvalue weighted by molar-refractivity contribution is 9.10. The van der Waals surface area contributed by atoms with Gasteiger partial charge in [-0.3, -0.25) is 0 Å². The number of benzene rings is 1. The van der Waals surface area contributed by atoms with E-state index in [1.54, 1.807) is 6.20 Å². The molecule has 2 rings (SSSR count). The van der Waals surface area contributed by atoms with Crippen LogP contribution in [0.3, 0.4) is 0 Å². The Morgan fingerprint density at radius 2 is 1.92 bits per heavy atom. The first-order valence-electron chi connectivity index (χ1n) is 8.57. The first-order valence-corrected chi connectivity index (χ1v) is 9.36. The highest BCUT2D eigenvalue weighted by Gasteiger charge is 2.11. The van der Waals surface area contributed by atoms with E-state index in [0.29, 0.717) is 25.7 Å². The van der Waals surface area contributed by atoms with Gasteiger partial charge < -0.3 is 19.5 Å². The predicted molar refractivity (Wildman–Crippen MR) is 103 cm³/mol. The van der Waals surface area contributed by atoms with Crippen LogP contribution in [0, 0.1) is 0 Å². The Morgan fingerprint density at radius 1 is 1.08 bits per heavy atom. The fourth-order valence-electron chi connectivity index (χ4n) is 2.31. The van der Waals surface area contributed by atoms with Crippen LogP contribution in [0.5, 0.6) is 17.4 Å². The number of hydrogen-bond donors (Lipinski definition) is 1. The minimum absolute atomic E-state index is 0.604. The lowest BCUT2D eigenvalue weighted by Crippen LogP contribution is -2.17. The standard InChI is InChI=1S/C19H25BrN2O3/c1-3-23-17-13-15(12-16(20)19(17)24-4-2)14-21-9-7-11-25-18-8-5-6-10-22-18/h5-6,8,10,12-13,21H,3-4,7,9,11,14H2,1-2H3. The molecule has 0 bridgehead atoms.